The average molecular weight is 438 g/mol. The van der Waals surface area contributed by atoms with E-state index < -0.39 is 0 Å². The van der Waals surface area contributed by atoms with Crippen LogP contribution in [0.25, 0.3) is 0 Å². The van der Waals surface area contributed by atoms with Crippen LogP contribution in [0.3, 0.4) is 0 Å². The second kappa shape index (κ2) is 10.3. The van der Waals surface area contributed by atoms with E-state index in [0.717, 1.165) is 23.2 Å². The minimum atomic E-state index is -0.328. The Balaban J connectivity index is 1.58. The maximum atomic E-state index is 12.5. The third-order valence-electron chi connectivity index (χ3n) is 4.92. The smallest absolute Gasteiger partial charge is 0.251 e. The van der Waals surface area contributed by atoms with Gasteiger partial charge in [-0.15, -0.1) is 10.2 Å². The number of para-hydroxylation sites is 1. The Morgan fingerprint density at radius 2 is 1.81 bits per heavy atom. The van der Waals surface area contributed by atoms with Gasteiger partial charge in [-0.1, -0.05) is 54.6 Å². The maximum absolute atomic E-state index is 12.5. The van der Waals surface area contributed by atoms with Crippen LogP contribution in [-0.4, -0.2) is 32.3 Å². The fourth-order valence-corrected chi connectivity index (χ4v) is 3.86. The van der Waals surface area contributed by atoms with Crippen LogP contribution in [-0.2, 0) is 18.3 Å². The zero-order valence-corrected chi connectivity index (χ0v) is 19.0. The molecule has 2 N–H and O–H groups in total. The number of amides is 2. The molecule has 2 aromatic carbocycles. The Labute approximate surface area is 186 Å². The molecule has 1 atom stereocenters. The van der Waals surface area contributed by atoms with Crippen LogP contribution in [0.1, 0.15) is 47.2 Å². The summed E-state index contributed by atoms with van der Waals surface area (Å²) in [7, 11) is 1.83. The van der Waals surface area contributed by atoms with Crippen LogP contribution in [0, 0.1) is 6.92 Å². The van der Waals surface area contributed by atoms with E-state index in [0.29, 0.717) is 16.5 Å². The molecule has 0 aliphatic carbocycles. The van der Waals surface area contributed by atoms with Crippen molar-refractivity contribution in [3.05, 3.63) is 71.0 Å². The highest BCUT2D eigenvalue weighted by Gasteiger charge is 2.19. The highest BCUT2D eigenvalue weighted by atomic mass is 32.2. The molecule has 1 aromatic heterocycles. The van der Waals surface area contributed by atoms with Crippen LogP contribution < -0.4 is 10.6 Å². The Morgan fingerprint density at radius 3 is 2.52 bits per heavy atom. The Kier molecular flexibility index (Phi) is 7.46. The maximum Gasteiger partial charge on any atom is 0.251 e. The molecule has 3 rings (SSSR count). The first-order valence-electron chi connectivity index (χ1n) is 10.2. The van der Waals surface area contributed by atoms with E-state index in [4.69, 9.17) is 0 Å². The fourth-order valence-electron chi connectivity index (χ4n) is 3.15. The molecule has 8 heteroatoms. The Bertz CT molecular complexity index is 1060. The van der Waals surface area contributed by atoms with Crippen molar-refractivity contribution in [2.45, 2.75) is 38.4 Å². The van der Waals surface area contributed by atoms with E-state index in [-0.39, 0.29) is 23.6 Å². The minimum Gasteiger partial charge on any atom is -0.342 e. The molecule has 0 spiro atoms. The number of thioether (sulfide) groups is 1. The van der Waals surface area contributed by atoms with E-state index in [1.807, 2.05) is 57.3 Å². The van der Waals surface area contributed by atoms with Crippen LogP contribution in [0.15, 0.2) is 53.7 Å². The highest BCUT2D eigenvalue weighted by Crippen LogP contribution is 2.21. The zero-order chi connectivity index (χ0) is 22.4. The first-order valence-corrected chi connectivity index (χ1v) is 11.1. The second-order valence-corrected chi connectivity index (χ2v) is 8.25. The summed E-state index contributed by atoms with van der Waals surface area (Å²) in [6.07, 6.45) is 0.850. The molecule has 0 saturated heterocycles. The van der Waals surface area contributed by atoms with Gasteiger partial charge >= 0.3 is 0 Å². The molecular formula is C23H27N5O2S. The van der Waals surface area contributed by atoms with Gasteiger partial charge in [0.2, 0.25) is 5.91 Å². The third-order valence-corrected chi connectivity index (χ3v) is 5.94. The molecule has 0 unspecified atom stereocenters. The van der Waals surface area contributed by atoms with E-state index in [1.165, 1.54) is 11.8 Å². The number of aryl methyl sites for hydroxylation is 2. The van der Waals surface area contributed by atoms with Gasteiger partial charge in [-0.3, -0.25) is 9.59 Å². The van der Waals surface area contributed by atoms with Crippen molar-refractivity contribution in [2.75, 3.05) is 11.1 Å². The van der Waals surface area contributed by atoms with Gasteiger partial charge < -0.3 is 15.2 Å². The van der Waals surface area contributed by atoms with Crippen molar-refractivity contribution in [2.24, 2.45) is 7.05 Å². The minimum absolute atomic E-state index is 0.101. The summed E-state index contributed by atoms with van der Waals surface area (Å²) in [4.78, 5) is 24.9. The van der Waals surface area contributed by atoms with Crippen LogP contribution in [0.4, 0.5) is 5.69 Å². The fraction of sp³-hybridized carbons (Fsp3) is 0.304. The molecule has 0 saturated carbocycles. The average Bonchev–Trinajstić information content (AvgIpc) is 3.13. The summed E-state index contributed by atoms with van der Waals surface area (Å²) >= 11 is 1.31. The topological polar surface area (TPSA) is 88.9 Å². The van der Waals surface area contributed by atoms with Crippen molar-refractivity contribution in [3.8, 4) is 0 Å². The first kappa shape index (κ1) is 22.6. The summed E-state index contributed by atoms with van der Waals surface area (Å²) in [5.74, 6) is 0.572. The van der Waals surface area contributed by atoms with Crippen LogP contribution in [0.2, 0.25) is 0 Å². The zero-order valence-electron chi connectivity index (χ0n) is 18.2. The van der Waals surface area contributed by atoms with Gasteiger partial charge in [0, 0.05) is 18.3 Å². The molecule has 0 radical (unpaired) electrons. The van der Waals surface area contributed by atoms with Gasteiger partial charge in [-0.05, 0) is 44.0 Å². The SMILES string of the molecule is CCc1ccccc1NC(=O)CSc1nnc([C@@H](C)NC(=O)c2ccc(C)cc2)n1C. The lowest BCUT2D eigenvalue weighted by Crippen LogP contribution is -2.28. The van der Waals surface area contributed by atoms with Gasteiger partial charge in [0.1, 0.15) is 0 Å². The number of anilines is 1. The number of aromatic nitrogens is 3. The summed E-state index contributed by atoms with van der Waals surface area (Å²) in [6, 6.07) is 14.8. The lowest BCUT2D eigenvalue weighted by molar-refractivity contribution is -0.113. The number of carbonyl (C=O) groups is 2. The molecule has 3 aromatic rings. The van der Waals surface area contributed by atoms with Gasteiger partial charge in [0.15, 0.2) is 11.0 Å². The number of hydrogen-bond donors (Lipinski definition) is 2. The number of benzene rings is 2. The van der Waals surface area contributed by atoms with Crippen LogP contribution >= 0.6 is 11.8 Å². The molecule has 0 bridgehead atoms. The largest absolute Gasteiger partial charge is 0.342 e. The van der Waals surface area contributed by atoms with Crippen molar-refractivity contribution < 1.29 is 9.59 Å². The quantitative estimate of drug-likeness (QED) is 0.522. The number of rotatable bonds is 8. The van der Waals surface area contributed by atoms with Gasteiger partial charge in [0.25, 0.3) is 5.91 Å². The number of nitrogens with one attached hydrogen (secondary N) is 2. The molecular weight excluding hydrogens is 410 g/mol. The standard InChI is InChI=1S/C23H27N5O2S/c1-5-17-8-6-7-9-19(17)25-20(29)14-31-23-27-26-21(28(23)4)16(3)24-22(30)18-12-10-15(2)11-13-18/h6-13,16H,5,14H2,1-4H3,(H,24,30)(H,25,29)/t16-/m1/s1. The van der Waals surface area contributed by atoms with Gasteiger partial charge in [-0.25, -0.2) is 0 Å². The molecule has 0 fully saturated rings. The normalized spacial score (nSPS) is 11.7. The van der Waals surface area contributed by atoms with E-state index in [2.05, 4.69) is 27.8 Å². The Morgan fingerprint density at radius 1 is 1.10 bits per heavy atom. The van der Waals surface area contributed by atoms with Gasteiger partial charge in [-0.2, -0.15) is 0 Å². The molecule has 1 heterocycles. The van der Waals surface area contributed by atoms with Gasteiger partial charge in [0.05, 0.1) is 11.8 Å². The lowest BCUT2D eigenvalue weighted by atomic mass is 10.1. The molecule has 2 amide bonds. The highest BCUT2D eigenvalue weighted by molar-refractivity contribution is 7.99. The lowest BCUT2D eigenvalue weighted by Gasteiger charge is -2.14. The second-order valence-electron chi connectivity index (χ2n) is 7.31. The van der Waals surface area contributed by atoms with Crippen LogP contribution in [0.5, 0.6) is 0 Å². The first-order chi connectivity index (χ1) is 14.9. The van der Waals surface area contributed by atoms with Crippen molar-refractivity contribution >= 4 is 29.3 Å². The number of carbonyl (C=O) groups excluding carboxylic acids is 2. The summed E-state index contributed by atoms with van der Waals surface area (Å²) in [6.45, 7) is 5.89. The molecule has 7 nitrogen and oxygen atoms in total. The van der Waals surface area contributed by atoms with Crippen molar-refractivity contribution in [1.82, 2.24) is 20.1 Å². The monoisotopic (exact) mass is 437 g/mol. The Hall–Kier alpha value is -3.13. The van der Waals surface area contributed by atoms with Crippen molar-refractivity contribution in [1.29, 1.82) is 0 Å². The van der Waals surface area contributed by atoms with E-state index >= 15 is 0 Å². The summed E-state index contributed by atoms with van der Waals surface area (Å²) < 4.78 is 1.80. The molecule has 0 aliphatic heterocycles. The predicted octanol–water partition coefficient (Wildman–Crippen LogP) is 3.91. The molecule has 162 valence electrons. The summed E-state index contributed by atoms with van der Waals surface area (Å²) in [5.41, 5.74) is 3.63. The molecule has 31 heavy (non-hydrogen) atoms. The predicted molar refractivity (Wildman–Crippen MR) is 123 cm³/mol. The van der Waals surface area contributed by atoms with E-state index in [9.17, 15) is 9.59 Å². The number of hydrogen-bond acceptors (Lipinski definition) is 5. The molecule has 0 aliphatic rings. The number of nitrogens with zero attached hydrogens (tertiary/aromatic N) is 3. The van der Waals surface area contributed by atoms with E-state index in [1.54, 1.807) is 16.7 Å². The third kappa shape index (κ3) is 5.73. The van der Waals surface area contributed by atoms with Crippen molar-refractivity contribution in [3.63, 3.8) is 0 Å². The summed E-state index contributed by atoms with van der Waals surface area (Å²) in [5, 5.41) is 14.9.